The van der Waals surface area contributed by atoms with Gasteiger partial charge in [0.05, 0.1) is 6.61 Å². The molecule has 0 spiro atoms. The standard InChI is InChI=1S/C14H32N2O/c1-7-12(2)16(10-11-17-6)9-8-13(15)14(3,4)5/h12-13H,7-11,15H2,1-6H3. The van der Waals surface area contributed by atoms with Crippen molar-refractivity contribution in [3.8, 4) is 0 Å². The molecule has 0 aliphatic carbocycles. The van der Waals surface area contributed by atoms with Crippen molar-refractivity contribution in [2.75, 3.05) is 26.8 Å². The van der Waals surface area contributed by atoms with Gasteiger partial charge in [0.15, 0.2) is 0 Å². The SMILES string of the molecule is CCC(C)N(CCOC)CCC(N)C(C)(C)C. The van der Waals surface area contributed by atoms with E-state index in [0.717, 1.165) is 26.1 Å². The van der Waals surface area contributed by atoms with Crippen LogP contribution < -0.4 is 5.73 Å². The summed E-state index contributed by atoms with van der Waals surface area (Å²) in [5.74, 6) is 0. The number of rotatable bonds is 8. The second-order valence-electron chi connectivity index (χ2n) is 6.05. The quantitative estimate of drug-likeness (QED) is 0.713. The highest BCUT2D eigenvalue weighted by molar-refractivity contribution is 4.79. The van der Waals surface area contributed by atoms with E-state index in [1.54, 1.807) is 7.11 Å². The molecule has 3 nitrogen and oxygen atoms in total. The van der Waals surface area contributed by atoms with E-state index < -0.39 is 0 Å². The Labute approximate surface area is 108 Å². The summed E-state index contributed by atoms with van der Waals surface area (Å²) in [6.07, 6.45) is 2.23. The molecule has 0 aromatic carbocycles. The average molecular weight is 244 g/mol. The van der Waals surface area contributed by atoms with Crippen LogP contribution in [0.5, 0.6) is 0 Å². The van der Waals surface area contributed by atoms with Gasteiger partial charge in [-0.3, -0.25) is 4.90 Å². The molecule has 0 fully saturated rings. The summed E-state index contributed by atoms with van der Waals surface area (Å²) < 4.78 is 5.17. The molecule has 0 aliphatic rings. The Hall–Kier alpha value is -0.120. The van der Waals surface area contributed by atoms with Gasteiger partial charge in [0, 0.05) is 32.3 Å². The predicted octanol–water partition coefficient (Wildman–Crippen LogP) is 2.50. The molecule has 2 N–H and O–H groups in total. The highest BCUT2D eigenvalue weighted by Crippen LogP contribution is 2.20. The van der Waals surface area contributed by atoms with Crippen LogP contribution in [-0.4, -0.2) is 43.8 Å². The van der Waals surface area contributed by atoms with Gasteiger partial charge < -0.3 is 10.5 Å². The maximum Gasteiger partial charge on any atom is 0.0589 e. The second kappa shape index (κ2) is 8.06. The highest BCUT2D eigenvalue weighted by atomic mass is 16.5. The smallest absolute Gasteiger partial charge is 0.0589 e. The van der Waals surface area contributed by atoms with Crippen molar-refractivity contribution in [3.05, 3.63) is 0 Å². The van der Waals surface area contributed by atoms with Gasteiger partial charge in [-0.1, -0.05) is 27.7 Å². The Morgan fingerprint density at radius 2 is 1.82 bits per heavy atom. The lowest BCUT2D eigenvalue weighted by Gasteiger charge is -2.32. The largest absolute Gasteiger partial charge is 0.383 e. The summed E-state index contributed by atoms with van der Waals surface area (Å²) in [6.45, 7) is 14.0. The van der Waals surface area contributed by atoms with Crippen LogP contribution in [0.2, 0.25) is 0 Å². The molecular formula is C14H32N2O. The molecule has 0 heterocycles. The molecule has 0 aliphatic heterocycles. The van der Waals surface area contributed by atoms with Crippen LogP contribution in [0.15, 0.2) is 0 Å². The highest BCUT2D eigenvalue weighted by Gasteiger charge is 2.22. The van der Waals surface area contributed by atoms with Crippen LogP contribution >= 0.6 is 0 Å². The maximum absolute atomic E-state index is 6.21. The Balaban J connectivity index is 4.15. The molecule has 17 heavy (non-hydrogen) atoms. The Bertz CT molecular complexity index is 189. The third-order valence-electron chi connectivity index (χ3n) is 3.64. The summed E-state index contributed by atoms with van der Waals surface area (Å²) in [7, 11) is 1.76. The van der Waals surface area contributed by atoms with Gasteiger partial charge in [0.25, 0.3) is 0 Å². The van der Waals surface area contributed by atoms with Crippen LogP contribution in [-0.2, 0) is 4.74 Å². The molecule has 0 rings (SSSR count). The zero-order valence-corrected chi connectivity index (χ0v) is 12.6. The Morgan fingerprint density at radius 3 is 2.24 bits per heavy atom. The maximum atomic E-state index is 6.21. The predicted molar refractivity (Wildman–Crippen MR) is 75.2 cm³/mol. The zero-order chi connectivity index (χ0) is 13.5. The Kier molecular flexibility index (Phi) is 8.01. The second-order valence-corrected chi connectivity index (χ2v) is 6.05. The average Bonchev–Trinajstić information content (AvgIpc) is 2.26. The normalized spacial score (nSPS) is 16.2. The van der Waals surface area contributed by atoms with Crippen molar-refractivity contribution in [3.63, 3.8) is 0 Å². The van der Waals surface area contributed by atoms with E-state index in [1.165, 1.54) is 6.42 Å². The molecular weight excluding hydrogens is 212 g/mol. The van der Waals surface area contributed by atoms with Crippen LogP contribution in [0.4, 0.5) is 0 Å². The lowest BCUT2D eigenvalue weighted by atomic mass is 9.85. The first-order chi connectivity index (χ1) is 7.82. The number of nitrogens with two attached hydrogens (primary N) is 1. The summed E-state index contributed by atoms with van der Waals surface area (Å²) >= 11 is 0. The van der Waals surface area contributed by atoms with Gasteiger partial charge in [-0.25, -0.2) is 0 Å². The number of hydrogen-bond acceptors (Lipinski definition) is 3. The van der Waals surface area contributed by atoms with E-state index in [0.29, 0.717) is 6.04 Å². The molecule has 0 saturated carbocycles. The van der Waals surface area contributed by atoms with Gasteiger partial charge in [-0.15, -0.1) is 0 Å². The first-order valence-electron chi connectivity index (χ1n) is 6.81. The fourth-order valence-electron chi connectivity index (χ4n) is 1.76. The third-order valence-corrected chi connectivity index (χ3v) is 3.64. The number of ether oxygens (including phenoxy) is 1. The molecule has 0 aromatic rings. The van der Waals surface area contributed by atoms with E-state index in [1.807, 2.05) is 0 Å². The summed E-state index contributed by atoms with van der Waals surface area (Å²) in [5, 5.41) is 0. The molecule has 104 valence electrons. The molecule has 2 atom stereocenters. The van der Waals surface area contributed by atoms with Gasteiger partial charge in [0.1, 0.15) is 0 Å². The Morgan fingerprint density at radius 1 is 1.24 bits per heavy atom. The lowest BCUT2D eigenvalue weighted by Crippen LogP contribution is -2.42. The van der Waals surface area contributed by atoms with Crippen LogP contribution in [0.1, 0.15) is 47.5 Å². The first kappa shape index (κ1) is 16.9. The first-order valence-corrected chi connectivity index (χ1v) is 6.81. The monoisotopic (exact) mass is 244 g/mol. The van der Waals surface area contributed by atoms with E-state index in [9.17, 15) is 0 Å². The van der Waals surface area contributed by atoms with Crippen molar-refractivity contribution in [1.29, 1.82) is 0 Å². The summed E-state index contributed by atoms with van der Waals surface area (Å²) in [6, 6.07) is 0.869. The minimum atomic E-state index is 0.197. The number of hydrogen-bond donors (Lipinski definition) is 1. The molecule has 3 heteroatoms. The van der Waals surface area contributed by atoms with Crippen molar-refractivity contribution < 1.29 is 4.74 Å². The van der Waals surface area contributed by atoms with E-state index >= 15 is 0 Å². The summed E-state index contributed by atoms with van der Waals surface area (Å²) in [5.41, 5.74) is 6.41. The van der Waals surface area contributed by atoms with Crippen molar-refractivity contribution in [2.24, 2.45) is 11.1 Å². The van der Waals surface area contributed by atoms with Crippen molar-refractivity contribution >= 4 is 0 Å². The minimum absolute atomic E-state index is 0.197. The van der Waals surface area contributed by atoms with Gasteiger partial charge in [-0.05, 0) is 25.2 Å². The molecule has 2 unspecified atom stereocenters. The van der Waals surface area contributed by atoms with Crippen LogP contribution in [0, 0.1) is 5.41 Å². The fraction of sp³-hybridized carbons (Fsp3) is 1.00. The topological polar surface area (TPSA) is 38.5 Å². The number of methoxy groups -OCH3 is 1. The van der Waals surface area contributed by atoms with Gasteiger partial charge in [-0.2, -0.15) is 0 Å². The fourth-order valence-corrected chi connectivity index (χ4v) is 1.76. The molecule has 0 amide bonds. The van der Waals surface area contributed by atoms with E-state index in [2.05, 4.69) is 39.5 Å². The molecule has 0 bridgehead atoms. The van der Waals surface area contributed by atoms with Crippen molar-refractivity contribution in [1.82, 2.24) is 4.90 Å². The molecule has 0 radical (unpaired) electrons. The number of nitrogens with zero attached hydrogens (tertiary/aromatic N) is 1. The minimum Gasteiger partial charge on any atom is -0.383 e. The van der Waals surface area contributed by atoms with Crippen LogP contribution in [0.3, 0.4) is 0 Å². The van der Waals surface area contributed by atoms with Gasteiger partial charge in [0.2, 0.25) is 0 Å². The van der Waals surface area contributed by atoms with Crippen molar-refractivity contribution in [2.45, 2.75) is 59.5 Å². The zero-order valence-electron chi connectivity index (χ0n) is 12.6. The molecule has 0 saturated heterocycles. The van der Waals surface area contributed by atoms with E-state index in [4.69, 9.17) is 10.5 Å². The van der Waals surface area contributed by atoms with Gasteiger partial charge >= 0.3 is 0 Å². The van der Waals surface area contributed by atoms with Crippen LogP contribution in [0.25, 0.3) is 0 Å². The summed E-state index contributed by atoms with van der Waals surface area (Å²) in [4.78, 5) is 2.48. The van der Waals surface area contributed by atoms with E-state index in [-0.39, 0.29) is 11.5 Å². The lowest BCUT2D eigenvalue weighted by molar-refractivity contribution is 0.116. The molecule has 0 aromatic heterocycles. The third kappa shape index (κ3) is 7.02.